The molecule has 5 heteroatoms. The number of amides is 1. The summed E-state index contributed by atoms with van der Waals surface area (Å²) in [4.78, 5) is 12.5. The molecule has 1 aliphatic rings. The Morgan fingerprint density at radius 1 is 1.26 bits per heavy atom. The number of hydrogen-bond acceptors (Lipinski definition) is 4. The second-order valence-corrected chi connectivity index (χ2v) is 6.23. The van der Waals surface area contributed by atoms with Crippen molar-refractivity contribution in [2.75, 3.05) is 40.0 Å². The van der Waals surface area contributed by atoms with Crippen molar-refractivity contribution in [3.05, 3.63) is 29.8 Å². The van der Waals surface area contributed by atoms with Crippen molar-refractivity contribution in [1.82, 2.24) is 10.6 Å². The van der Waals surface area contributed by atoms with Gasteiger partial charge in [0.1, 0.15) is 5.75 Å². The predicted molar refractivity (Wildman–Crippen MR) is 90.7 cm³/mol. The van der Waals surface area contributed by atoms with Crippen LogP contribution in [-0.4, -0.2) is 45.9 Å². The quantitative estimate of drug-likeness (QED) is 0.718. The summed E-state index contributed by atoms with van der Waals surface area (Å²) in [5, 5.41) is 6.34. The third-order valence-corrected chi connectivity index (χ3v) is 4.36. The number of piperidine rings is 1. The van der Waals surface area contributed by atoms with Crippen molar-refractivity contribution in [3.8, 4) is 5.75 Å². The highest BCUT2D eigenvalue weighted by molar-refractivity contribution is 5.82. The molecule has 0 aliphatic carbocycles. The van der Waals surface area contributed by atoms with E-state index in [9.17, 15) is 4.79 Å². The van der Waals surface area contributed by atoms with Crippen molar-refractivity contribution < 1.29 is 14.3 Å². The molecule has 1 fully saturated rings. The van der Waals surface area contributed by atoms with Crippen LogP contribution in [0, 0.1) is 12.3 Å². The van der Waals surface area contributed by atoms with Gasteiger partial charge in [0.2, 0.25) is 5.91 Å². The second-order valence-electron chi connectivity index (χ2n) is 6.23. The van der Waals surface area contributed by atoms with Crippen LogP contribution < -0.4 is 15.4 Å². The maximum atomic E-state index is 12.5. The molecule has 1 aliphatic heterocycles. The van der Waals surface area contributed by atoms with Gasteiger partial charge in [0.15, 0.2) is 0 Å². The summed E-state index contributed by atoms with van der Waals surface area (Å²) in [6.07, 6.45) is 2.44. The second kappa shape index (κ2) is 8.89. The van der Waals surface area contributed by atoms with Gasteiger partial charge in [-0.2, -0.15) is 0 Å². The van der Waals surface area contributed by atoms with E-state index < -0.39 is 0 Å². The minimum Gasteiger partial charge on any atom is -0.494 e. The van der Waals surface area contributed by atoms with Gasteiger partial charge in [-0.3, -0.25) is 4.79 Å². The van der Waals surface area contributed by atoms with Gasteiger partial charge in [-0.05, 0) is 51.4 Å². The number of rotatable bonds is 8. The van der Waals surface area contributed by atoms with Crippen LogP contribution in [0.3, 0.4) is 0 Å². The van der Waals surface area contributed by atoms with Gasteiger partial charge < -0.3 is 20.1 Å². The number of carbonyl (C=O) groups excluding carboxylic acids is 1. The molecule has 1 heterocycles. The number of nitrogens with one attached hydrogen (secondary N) is 2. The van der Waals surface area contributed by atoms with Crippen LogP contribution >= 0.6 is 0 Å². The highest BCUT2D eigenvalue weighted by Crippen LogP contribution is 2.29. The molecule has 0 spiro atoms. The van der Waals surface area contributed by atoms with Gasteiger partial charge in [-0.15, -0.1) is 0 Å². The molecule has 2 N–H and O–H groups in total. The smallest absolute Gasteiger partial charge is 0.228 e. The lowest BCUT2D eigenvalue weighted by molar-refractivity contribution is -0.136. The first-order chi connectivity index (χ1) is 11.2. The summed E-state index contributed by atoms with van der Waals surface area (Å²) in [6.45, 7) is 5.50. The van der Waals surface area contributed by atoms with Crippen LogP contribution in [0.2, 0.25) is 0 Å². The Kier molecular flexibility index (Phi) is 6.86. The molecule has 1 amide bonds. The number of carbonyl (C=O) groups is 1. The molecule has 1 saturated heterocycles. The lowest BCUT2D eigenvalue weighted by atomic mass is 9.78. The molecule has 1 aromatic carbocycles. The maximum Gasteiger partial charge on any atom is 0.228 e. The molecule has 1 aromatic rings. The van der Waals surface area contributed by atoms with Gasteiger partial charge in [0, 0.05) is 13.7 Å². The summed E-state index contributed by atoms with van der Waals surface area (Å²) in [7, 11) is 1.66. The SMILES string of the molecule is COCC1(C(=O)NCCCOc2ccc(C)cc2)CCNCC1. The molecule has 0 bridgehead atoms. The van der Waals surface area contributed by atoms with E-state index >= 15 is 0 Å². The Bertz CT molecular complexity index is 476. The molecule has 0 aromatic heterocycles. The minimum atomic E-state index is -0.377. The molecule has 2 rings (SSSR count). The van der Waals surface area contributed by atoms with Gasteiger partial charge in [-0.25, -0.2) is 0 Å². The number of aryl methyl sites for hydroxylation is 1. The minimum absolute atomic E-state index is 0.108. The van der Waals surface area contributed by atoms with Gasteiger partial charge in [-0.1, -0.05) is 17.7 Å². The summed E-state index contributed by atoms with van der Waals surface area (Å²) < 4.78 is 11.0. The predicted octanol–water partition coefficient (Wildman–Crippen LogP) is 1.90. The monoisotopic (exact) mass is 320 g/mol. The Morgan fingerprint density at radius 3 is 2.61 bits per heavy atom. The van der Waals surface area contributed by atoms with Gasteiger partial charge in [0.25, 0.3) is 0 Å². The largest absolute Gasteiger partial charge is 0.494 e. The van der Waals surface area contributed by atoms with E-state index in [-0.39, 0.29) is 11.3 Å². The van der Waals surface area contributed by atoms with Gasteiger partial charge >= 0.3 is 0 Å². The molecule has 0 radical (unpaired) electrons. The molecule has 0 unspecified atom stereocenters. The van der Waals surface area contributed by atoms with Gasteiger partial charge in [0.05, 0.1) is 18.6 Å². The number of ether oxygens (including phenoxy) is 2. The van der Waals surface area contributed by atoms with Crippen LogP contribution in [0.15, 0.2) is 24.3 Å². The number of methoxy groups -OCH3 is 1. The zero-order chi connectivity index (χ0) is 16.5. The maximum absolute atomic E-state index is 12.5. The Labute approximate surface area is 138 Å². The lowest BCUT2D eigenvalue weighted by Gasteiger charge is -2.35. The van der Waals surface area contributed by atoms with Crippen LogP contribution in [0.4, 0.5) is 0 Å². The van der Waals surface area contributed by atoms with E-state index in [2.05, 4.69) is 17.6 Å². The van der Waals surface area contributed by atoms with Crippen LogP contribution in [-0.2, 0) is 9.53 Å². The normalized spacial score (nSPS) is 16.8. The van der Waals surface area contributed by atoms with E-state index in [0.717, 1.165) is 38.1 Å². The molecule has 128 valence electrons. The third kappa shape index (κ3) is 5.22. The summed E-state index contributed by atoms with van der Waals surface area (Å²) in [5.74, 6) is 0.979. The Balaban J connectivity index is 1.70. The van der Waals surface area contributed by atoms with E-state index in [1.165, 1.54) is 5.56 Å². The highest BCUT2D eigenvalue weighted by Gasteiger charge is 2.39. The molecule has 0 saturated carbocycles. The molecular formula is C18H28N2O3. The van der Waals surface area contributed by atoms with Crippen LogP contribution in [0.5, 0.6) is 5.75 Å². The summed E-state index contributed by atoms with van der Waals surface area (Å²) >= 11 is 0. The fraction of sp³-hybridized carbons (Fsp3) is 0.611. The van der Waals surface area contributed by atoms with Crippen molar-refractivity contribution in [2.24, 2.45) is 5.41 Å². The van der Waals surface area contributed by atoms with E-state index in [1.807, 2.05) is 24.3 Å². The van der Waals surface area contributed by atoms with E-state index in [4.69, 9.17) is 9.47 Å². The van der Waals surface area contributed by atoms with Crippen LogP contribution in [0.25, 0.3) is 0 Å². The topological polar surface area (TPSA) is 59.6 Å². The molecular weight excluding hydrogens is 292 g/mol. The fourth-order valence-corrected chi connectivity index (χ4v) is 2.90. The Morgan fingerprint density at radius 2 is 1.96 bits per heavy atom. The van der Waals surface area contributed by atoms with E-state index in [1.54, 1.807) is 7.11 Å². The standard InChI is InChI=1S/C18H28N2O3/c1-15-4-6-16(7-5-15)23-13-3-10-20-17(21)18(14-22-2)8-11-19-12-9-18/h4-7,19H,3,8-14H2,1-2H3,(H,20,21). The van der Waals surface area contributed by atoms with E-state index in [0.29, 0.717) is 19.8 Å². The van der Waals surface area contributed by atoms with Crippen molar-refractivity contribution in [2.45, 2.75) is 26.2 Å². The summed E-state index contributed by atoms with van der Waals surface area (Å²) in [5.41, 5.74) is 0.840. The number of benzene rings is 1. The van der Waals surface area contributed by atoms with Crippen molar-refractivity contribution >= 4 is 5.91 Å². The van der Waals surface area contributed by atoms with Crippen molar-refractivity contribution in [1.29, 1.82) is 0 Å². The van der Waals surface area contributed by atoms with Crippen LogP contribution in [0.1, 0.15) is 24.8 Å². The average Bonchev–Trinajstić information content (AvgIpc) is 2.57. The number of hydrogen-bond donors (Lipinski definition) is 2. The summed E-state index contributed by atoms with van der Waals surface area (Å²) in [6, 6.07) is 8.00. The van der Waals surface area contributed by atoms with Crippen molar-refractivity contribution in [3.63, 3.8) is 0 Å². The first-order valence-corrected chi connectivity index (χ1v) is 8.34. The zero-order valence-electron chi connectivity index (χ0n) is 14.2. The highest BCUT2D eigenvalue weighted by atomic mass is 16.5. The zero-order valence-corrected chi connectivity index (χ0v) is 14.2. The third-order valence-electron chi connectivity index (χ3n) is 4.36. The molecule has 23 heavy (non-hydrogen) atoms. The average molecular weight is 320 g/mol. The molecule has 0 atom stereocenters. The molecule has 5 nitrogen and oxygen atoms in total. The fourth-order valence-electron chi connectivity index (χ4n) is 2.90. The Hall–Kier alpha value is -1.59. The lowest BCUT2D eigenvalue weighted by Crippen LogP contribution is -2.50. The first kappa shape index (κ1) is 17.8. The first-order valence-electron chi connectivity index (χ1n) is 8.34.